The molecule has 6 atom stereocenters. The first-order valence-corrected chi connectivity index (χ1v) is 14.7. The SMILES string of the molecule is C/C(=C/C[C@]12OC(C)(C)[C@H]3C[C@H](C=C4C(=O)c5c(O)c6c(c(C(O)C7OC7(C)C)c5O[C@@]431)OC(C)(C)C=C6)C2=O)C(=O)O. The first kappa shape index (κ1) is 28.3. The van der Waals surface area contributed by atoms with Gasteiger partial charge in [-0.3, -0.25) is 9.59 Å². The highest BCUT2D eigenvalue weighted by atomic mass is 16.6. The lowest BCUT2D eigenvalue weighted by Crippen LogP contribution is -2.72. The number of fused-ring (bicyclic) bond motifs is 2. The Morgan fingerprint density at radius 3 is 2.40 bits per heavy atom. The Balaban J connectivity index is 1.52. The van der Waals surface area contributed by atoms with Crippen molar-refractivity contribution >= 4 is 23.6 Å². The summed E-state index contributed by atoms with van der Waals surface area (Å²) in [5.41, 5.74) is -5.28. The Hall–Kier alpha value is -3.47. The van der Waals surface area contributed by atoms with Gasteiger partial charge < -0.3 is 34.3 Å². The number of aliphatic hydroxyl groups is 1. The van der Waals surface area contributed by atoms with Crippen LogP contribution in [0.15, 0.2) is 29.4 Å². The molecule has 0 amide bonds. The molecule has 3 aliphatic carbocycles. The molecule has 1 aromatic carbocycles. The maximum atomic E-state index is 14.6. The fraction of sp³-hybridized carbons (Fsp3) is 0.545. The van der Waals surface area contributed by atoms with Crippen molar-refractivity contribution in [3.05, 3.63) is 46.1 Å². The number of benzene rings is 1. The van der Waals surface area contributed by atoms with Gasteiger partial charge in [-0.15, -0.1) is 0 Å². The van der Waals surface area contributed by atoms with Crippen molar-refractivity contribution in [3.8, 4) is 17.2 Å². The Morgan fingerprint density at radius 1 is 1.09 bits per heavy atom. The van der Waals surface area contributed by atoms with E-state index >= 15 is 0 Å². The maximum Gasteiger partial charge on any atom is 0.330 e. The molecule has 7 aliphatic rings. The van der Waals surface area contributed by atoms with Gasteiger partial charge in [-0.1, -0.05) is 12.2 Å². The summed E-state index contributed by atoms with van der Waals surface area (Å²) in [6, 6.07) is 0. The third kappa shape index (κ3) is 3.42. The van der Waals surface area contributed by atoms with E-state index in [1.54, 1.807) is 18.2 Å². The normalized spacial score (nSPS) is 35.7. The molecule has 2 unspecified atom stereocenters. The number of carbonyl (C=O) groups excluding carboxylic acids is 2. The van der Waals surface area contributed by atoms with Crippen molar-refractivity contribution in [2.24, 2.45) is 11.8 Å². The number of phenols is 1. The number of Topliss-reactive ketones (excluding diaryl/α,β-unsaturated/α-hetero) is 2. The Bertz CT molecular complexity index is 1640. The van der Waals surface area contributed by atoms with E-state index in [-0.39, 0.29) is 57.3 Å². The summed E-state index contributed by atoms with van der Waals surface area (Å²) in [4.78, 5) is 40.6. The van der Waals surface area contributed by atoms with E-state index in [0.717, 1.165) is 0 Å². The molecule has 1 spiro atoms. The zero-order valence-corrected chi connectivity index (χ0v) is 25.2. The number of hydrogen-bond donors (Lipinski definition) is 3. The highest BCUT2D eigenvalue weighted by Gasteiger charge is 2.81. The zero-order chi connectivity index (χ0) is 31.2. The van der Waals surface area contributed by atoms with Gasteiger partial charge in [0, 0.05) is 29.4 Å². The Kier molecular flexibility index (Phi) is 5.38. The summed E-state index contributed by atoms with van der Waals surface area (Å²) in [6.07, 6.45) is 4.75. The number of carbonyl (C=O) groups is 3. The molecule has 0 radical (unpaired) electrons. The van der Waals surface area contributed by atoms with Gasteiger partial charge in [-0.25, -0.2) is 4.79 Å². The summed E-state index contributed by atoms with van der Waals surface area (Å²) in [7, 11) is 0. The van der Waals surface area contributed by atoms with Crippen molar-refractivity contribution in [2.75, 3.05) is 0 Å². The van der Waals surface area contributed by atoms with Crippen molar-refractivity contribution in [1.29, 1.82) is 0 Å². The summed E-state index contributed by atoms with van der Waals surface area (Å²) >= 11 is 0. The van der Waals surface area contributed by atoms with Gasteiger partial charge in [0.15, 0.2) is 22.8 Å². The van der Waals surface area contributed by atoms with Crippen molar-refractivity contribution in [2.45, 2.75) is 102 Å². The highest BCUT2D eigenvalue weighted by molar-refractivity contribution is 6.19. The molecule has 10 nitrogen and oxygen atoms in total. The van der Waals surface area contributed by atoms with Gasteiger partial charge in [0.25, 0.3) is 0 Å². The Morgan fingerprint density at radius 2 is 1.77 bits per heavy atom. The number of carboxylic acid groups (broad SMARTS) is 1. The van der Waals surface area contributed by atoms with Crippen LogP contribution in [0.1, 0.15) is 88.9 Å². The molecule has 228 valence electrons. The number of hydrogen-bond acceptors (Lipinski definition) is 9. The lowest BCUT2D eigenvalue weighted by molar-refractivity contribution is -0.171. The van der Waals surface area contributed by atoms with Crippen LogP contribution in [-0.4, -0.2) is 67.0 Å². The number of ketones is 2. The molecule has 1 aromatic rings. The molecule has 8 rings (SSSR count). The molecular formula is C33H36O10. The van der Waals surface area contributed by atoms with Crippen LogP contribution in [0.3, 0.4) is 0 Å². The minimum Gasteiger partial charge on any atom is -0.506 e. The molecule has 3 N–H and O–H groups in total. The fourth-order valence-corrected chi connectivity index (χ4v) is 8.06. The fourth-order valence-electron chi connectivity index (χ4n) is 8.06. The number of aromatic hydroxyl groups is 1. The average Bonchev–Trinajstić information content (AvgIpc) is 3.51. The second kappa shape index (κ2) is 8.16. The van der Waals surface area contributed by atoms with Crippen LogP contribution in [0.2, 0.25) is 0 Å². The summed E-state index contributed by atoms with van der Waals surface area (Å²) in [5, 5.41) is 33.0. The van der Waals surface area contributed by atoms with E-state index < -0.39 is 63.8 Å². The lowest BCUT2D eigenvalue weighted by Gasteiger charge is -2.56. The Labute approximate surface area is 249 Å². The maximum absolute atomic E-state index is 14.6. The molecule has 4 heterocycles. The number of epoxide rings is 1. The molecule has 4 aliphatic heterocycles. The molecule has 4 bridgehead atoms. The number of aliphatic hydroxyl groups excluding tert-OH is 1. The smallest absolute Gasteiger partial charge is 0.330 e. The van der Waals surface area contributed by atoms with Crippen LogP contribution < -0.4 is 9.47 Å². The van der Waals surface area contributed by atoms with Crippen LogP contribution in [0.4, 0.5) is 0 Å². The first-order valence-electron chi connectivity index (χ1n) is 14.7. The van der Waals surface area contributed by atoms with Crippen molar-refractivity contribution in [3.63, 3.8) is 0 Å². The second-order valence-electron chi connectivity index (χ2n) is 14.3. The van der Waals surface area contributed by atoms with Gasteiger partial charge in [0.1, 0.15) is 40.6 Å². The summed E-state index contributed by atoms with van der Waals surface area (Å²) in [5.74, 6) is -3.35. The van der Waals surface area contributed by atoms with E-state index in [4.69, 9.17) is 18.9 Å². The summed E-state index contributed by atoms with van der Waals surface area (Å²) in [6.45, 7) is 12.4. The van der Waals surface area contributed by atoms with Gasteiger partial charge in [0.05, 0.1) is 22.3 Å². The van der Waals surface area contributed by atoms with Crippen LogP contribution in [0.25, 0.3) is 6.08 Å². The van der Waals surface area contributed by atoms with E-state index in [1.807, 2.05) is 41.5 Å². The van der Waals surface area contributed by atoms with E-state index in [0.29, 0.717) is 6.42 Å². The monoisotopic (exact) mass is 592 g/mol. The summed E-state index contributed by atoms with van der Waals surface area (Å²) < 4.78 is 25.8. The van der Waals surface area contributed by atoms with Crippen LogP contribution in [-0.2, 0) is 19.1 Å². The second-order valence-corrected chi connectivity index (χ2v) is 14.3. The molecule has 2 saturated heterocycles. The molecular weight excluding hydrogens is 556 g/mol. The van der Waals surface area contributed by atoms with Gasteiger partial charge in [0.2, 0.25) is 0 Å². The molecule has 10 heteroatoms. The van der Waals surface area contributed by atoms with Crippen molar-refractivity contribution in [1.82, 2.24) is 0 Å². The topological polar surface area (TPSA) is 152 Å². The van der Waals surface area contributed by atoms with Crippen LogP contribution >= 0.6 is 0 Å². The molecule has 43 heavy (non-hydrogen) atoms. The molecule has 0 aromatic heterocycles. The van der Waals surface area contributed by atoms with E-state index in [2.05, 4.69) is 0 Å². The van der Waals surface area contributed by atoms with E-state index in [1.165, 1.54) is 13.0 Å². The predicted octanol–water partition coefficient (Wildman–Crippen LogP) is 4.21. The lowest BCUT2D eigenvalue weighted by atomic mass is 9.51. The largest absolute Gasteiger partial charge is 0.506 e. The number of aliphatic carboxylic acids is 1. The number of rotatable bonds is 5. The minimum absolute atomic E-state index is 0.0244. The van der Waals surface area contributed by atoms with Crippen LogP contribution in [0.5, 0.6) is 17.2 Å². The van der Waals surface area contributed by atoms with Crippen molar-refractivity contribution < 1.29 is 48.7 Å². The third-order valence-electron chi connectivity index (χ3n) is 10.2. The average molecular weight is 593 g/mol. The first-order chi connectivity index (χ1) is 19.9. The van der Waals surface area contributed by atoms with E-state index in [9.17, 15) is 29.7 Å². The number of ether oxygens (including phenoxy) is 4. The zero-order valence-electron chi connectivity index (χ0n) is 25.2. The standard InChI is InChI=1S/C33H36O10/c1-14(28(38)39)8-11-32-26(37)15-12-17-22(35)19-21(34)16-9-10-29(2,3)40-24(16)20(23(36)27-31(6,7)42-27)25(19)41-33(17,32)18(13-15)30(4,5)43-32/h8-10,12,15,18,23,27,34,36H,11,13H2,1-7H3,(H,38,39)/b14-8-/t15-,18+,23?,27?,32+,33-/m0/s1. The minimum atomic E-state index is -1.72. The highest BCUT2D eigenvalue weighted by Crippen LogP contribution is 2.69. The third-order valence-corrected chi connectivity index (χ3v) is 10.2. The molecule has 1 saturated carbocycles. The van der Waals surface area contributed by atoms with Gasteiger partial charge in [-0.05, 0) is 67.0 Å². The quantitative estimate of drug-likeness (QED) is 0.335. The molecule has 3 fully saturated rings. The van der Waals surface area contributed by atoms with Crippen LogP contribution in [0, 0.1) is 11.8 Å². The number of carboxylic acids is 1. The van der Waals surface area contributed by atoms with Gasteiger partial charge in [-0.2, -0.15) is 0 Å². The number of phenolic OH excluding ortho intramolecular Hbond substituents is 1. The predicted molar refractivity (Wildman–Crippen MR) is 152 cm³/mol. The van der Waals surface area contributed by atoms with Gasteiger partial charge >= 0.3 is 5.97 Å². The number of allylic oxidation sites excluding steroid dienone is 1.